The summed E-state index contributed by atoms with van der Waals surface area (Å²) >= 11 is 0. The minimum absolute atomic E-state index is 0.0517. The monoisotopic (exact) mass is 388 g/mol. The van der Waals surface area contributed by atoms with Crippen molar-refractivity contribution in [2.24, 2.45) is 0 Å². The summed E-state index contributed by atoms with van der Waals surface area (Å²) in [5, 5.41) is 0.576. The number of ether oxygens (including phenoxy) is 1. The Morgan fingerprint density at radius 3 is 2.62 bits per heavy atom. The summed E-state index contributed by atoms with van der Waals surface area (Å²) in [5.74, 6) is 0.284. The molecule has 0 aliphatic heterocycles. The van der Waals surface area contributed by atoms with E-state index in [1.54, 1.807) is 19.1 Å². The van der Waals surface area contributed by atoms with E-state index in [4.69, 9.17) is 9.15 Å². The number of hydrogen-bond donors (Lipinski definition) is 0. The molecule has 1 unspecified atom stereocenters. The molecule has 0 spiro atoms. The number of benzene rings is 2. The van der Waals surface area contributed by atoms with Crippen LogP contribution in [0.1, 0.15) is 36.1 Å². The van der Waals surface area contributed by atoms with Crippen LogP contribution in [0.15, 0.2) is 76.5 Å². The SMILES string of the molecule is Cc1c(OCc2ccc(CCC(C)n3ccnc3)cc2)oc2ccccc2c1=O. The lowest BCUT2D eigenvalue weighted by Crippen LogP contribution is -2.08. The quantitative estimate of drug-likeness (QED) is 0.443. The van der Waals surface area contributed by atoms with Crippen LogP contribution >= 0.6 is 0 Å². The molecule has 4 aromatic rings. The molecule has 0 N–H and O–H groups in total. The normalized spacial score (nSPS) is 12.2. The van der Waals surface area contributed by atoms with E-state index >= 15 is 0 Å². The lowest BCUT2D eigenvalue weighted by Gasteiger charge is -2.13. The van der Waals surface area contributed by atoms with Gasteiger partial charge in [0.1, 0.15) is 12.2 Å². The third-order valence-corrected chi connectivity index (χ3v) is 5.26. The van der Waals surface area contributed by atoms with Crippen LogP contribution in [0.25, 0.3) is 11.0 Å². The van der Waals surface area contributed by atoms with Crippen molar-refractivity contribution in [3.63, 3.8) is 0 Å². The summed E-state index contributed by atoms with van der Waals surface area (Å²) in [4.78, 5) is 16.6. The molecular weight excluding hydrogens is 364 g/mol. The van der Waals surface area contributed by atoms with Crippen molar-refractivity contribution in [2.45, 2.75) is 39.3 Å². The number of hydrogen-bond acceptors (Lipinski definition) is 4. The fraction of sp³-hybridized carbons (Fsp3) is 0.250. The molecule has 0 bridgehead atoms. The van der Waals surface area contributed by atoms with E-state index in [0.29, 0.717) is 29.2 Å². The predicted molar refractivity (Wildman–Crippen MR) is 113 cm³/mol. The second-order valence-corrected chi connectivity index (χ2v) is 7.34. The Bertz CT molecular complexity index is 1150. The van der Waals surface area contributed by atoms with Gasteiger partial charge in [-0.05, 0) is 49.9 Å². The number of aryl methyl sites for hydroxylation is 1. The maximum absolute atomic E-state index is 12.5. The zero-order valence-electron chi connectivity index (χ0n) is 16.7. The molecule has 148 valence electrons. The molecule has 0 aliphatic rings. The lowest BCUT2D eigenvalue weighted by atomic mass is 10.0. The average Bonchev–Trinajstić information content (AvgIpc) is 3.29. The van der Waals surface area contributed by atoms with E-state index in [-0.39, 0.29) is 11.4 Å². The van der Waals surface area contributed by atoms with Crippen LogP contribution in [0, 0.1) is 6.92 Å². The Morgan fingerprint density at radius 2 is 1.86 bits per heavy atom. The van der Waals surface area contributed by atoms with E-state index in [1.807, 2.05) is 30.9 Å². The summed E-state index contributed by atoms with van der Waals surface area (Å²) in [7, 11) is 0. The zero-order chi connectivity index (χ0) is 20.2. The number of rotatable bonds is 7. The van der Waals surface area contributed by atoms with E-state index in [0.717, 1.165) is 18.4 Å². The molecule has 0 amide bonds. The molecule has 2 aromatic heterocycles. The fourth-order valence-corrected chi connectivity index (χ4v) is 3.36. The van der Waals surface area contributed by atoms with Gasteiger partial charge in [-0.25, -0.2) is 4.98 Å². The largest absolute Gasteiger partial charge is 0.460 e. The van der Waals surface area contributed by atoms with Gasteiger partial charge in [-0.2, -0.15) is 0 Å². The molecule has 29 heavy (non-hydrogen) atoms. The van der Waals surface area contributed by atoms with Gasteiger partial charge in [-0.15, -0.1) is 0 Å². The minimum Gasteiger partial charge on any atom is -0.460 e. The van der Waals surface area contributed by atoms with Gasteiger partial charge in [-0.1, -0.05) is 36.4 Å². The van der Waals surface area contributed by atoms with Gasteiger partial charge >= 0.3 is 0 Å². The van der Waals surface area contributed by atoms with Crippen LogP contribution in [0.3, 0.4) is 0 Å². The summed E-state index contributed by atoms with van der Waals surface area (Å²) in [6.07, 6.45) is 7.72. The highest BCUT2D eigenvalue weighted by molar-refractivity contribution is 5.77. The molecule has 0 saturated heterocycles. The Kier molecular flexibility index (Phi) is 5.47. The first kappa shape index (κ1) is 19.0. The van der Waals surface area contributed by atoms with Crippen LogP contribution in [0.4, 0.5) is 0 Å². The topological polar surface area (TPSA) is 57.3 Å². The molecule has 0 fully saturated rings. The van der Waals surface area contributed by atoms with Crippen molar-refractivity contribution in [2.75, 3.05) is 0 Å². The lowest BCUT2D eigenvalue weighted by molar-refractivity contribution is 0.232. The van der Waals surface area contributed by atoms with Gasteiger partial charge in [0.25, 0.3) is 5.95 Å². The Balaban J connectivity index is 1.39. The maximum atomic E-state index is 12.5. The van der Waals surface area contributed by atoms with Crippen LogP contribution in [-0.2, 0) is 13.0 Å². The minimum atomic E-state index is -0.0517. The van der Waals surface area contributed by atoms with Crippen molar-refractivity contribution >= 4 is 11.0 Å². The number of aromatic nitrogens is 2. The standard InChI is InChI=1S/C24H24N2O3/c1-17(26-14-13-25-16-26)7-8-19-9-11-20(12-10-19)15-28-24-18(2)23(27)21-5-3-4-6-22(21)29-24/h3-6,9-14,16-17H,7-8,15H2,1-2H3. The molecule has 0 aliphatic carbocycles. The van der Waals surface area contributed by atoms with E-state index < -0.39 is 0 Å². The number of nitrogens with zero attached hydrogens (tertiary/aromatic N) is 2. The number of para-hydroxylation sites is 1. The fourth-order valence-electron chi connectivity index (χ4n) is 3.36. The van der Waals surface area contributed by atoms with E-state index in [1.165, 1.54) is 5.56 Å². The van der Waals surface area contributed by atoms with Gasteiger partial charge in [0.05, 0.1) is 17.3 Å². The van der Waals surface area contributed by atoms with Crippen molar-refractivity contribution in [3.05, 3.63) is 94.2 Å². The van der Waals surface area contributed by atoms with Crippen LogP contribution in [-0.4, -0.2) is 9.55 Å². The first-order chi connectivity index (χ1) is 14.1. The second kappa shape index (κ2) is 8.35. The first-order valence-corrected chi connectivity index (χ1v) is 9.82. The van der Waals surface area contributed by atoms with Crippen molar-refractivity contribution < 1.29 is 9.15 Å². The maximum Gasteiger partial charge on any atom is 0.292 e. The van der Waals surface area contributed by atoms with Gasteiger partial charge in [0.15, 0.2) is 5.43 Å². The molecule has 4 rings (SSSR count). The van der Waals surface area contributed by atoms with E-state index in [2.05, 4.69) is 40.7 Å². The number of imidazole rings is 1. The molecule has 0 radical (unpaired) electrons. The Morgan fingerprint density at radius 1 is 1.10 bits per heavy atom. The average molecular weight is 388 g/mol. The summed E-state index contributed by atoms with van der Waals surface area (Å²) in [6, 6.07) is 16.0. The summed E-state index contributed by atoms with van der Waals surface area (Å²) in [5.41, 5.74) is 3.30. The van der Waals surface area contributed by atoms with Crippen molar-refractivity contribution in [1.29, 1.82) is 0 Å². The van der Waals surface area contributed by atoms with Crippen molar-refractivity contribution in [1.82, 2.24) is 9.55 Å². The molecule has 0 saturated carbocycles. The van der Waals surface area contributed by atoms with Crippen LogP contribution < -0.4 is 10.2 Å². The Labute approximate surface area is 169 Å². The van der Waals surface area contributed by atoms with Crippen LogP contribution in [0.2, 0.25) is 0 Å². The summed E-state index contributed by atoms with van der Waals surface area (Å²) < 4.78 is 13.7. The van der Waals surface area contributed by atoms with Crippen LogP contribution in [0.5, 0.6) is 5.95 Å². The summed E-state index contributed by atoms with van der Waals surface area (Å²) in [6.45, 7) is 4.29. The third kappa shape index (κ3) is 4.24. The third-order valence-electron chi connectivity index (χ3n) is 5.26. The Hall–Kier alpha value is -3.34. The first-order valence-electron chi connectivity index (χ1n) is 9.82. The van der Waals surface area contributed by atoms with Gasteiger partial charge in [0.2, 0.25) is 0 Å². The smallest absolute Gasteiger partial charge is 0.292 e. The predicted octanol–water partition coefficient (Wildman–Crippen LogP) is 5.07. The van der Waals surface area contributed by atoms with Gasteiger partial charge in [0, 0.05) is 18.4 Å². The molecule has 5 heteroatoms. The highest BCUT2D eigenvalue weighted by atomic mass is 16.6. The zero-order valence-corrected chi connectivity index (χ0v) is 16.7. The second-order valence-electron chi connectivity index (χ2n) is 7.34. The van der Waals surface area contributed by atoms with Gasteiger partial charge in [-0.3, -0.25) is 4.79 Å². The molecule has 1 atom stereocenters. The molecule has 2 aromatic carbocycles. The highest BCUT2D eigenvalue weighted by Crippen LogP contribution is 2.22. The van der Waals surface area contributed by atoms with Gasteiger partial charge < -0.3 is 13.7 Å². The number of fused-ring (bicyclic) bond motifs is 1. The molecule has 2 heterocycles. The highest BCUT2D eigenvalue weighted by Gasteiger charge is 2.12. The van der Waals surface area contributed by atoms with E-state index in [9.17, 15) is 4.79 Å². The molecule has 5 nitrogen and oxygen atoms in total. The molecular formula is C24H24N2O3. The van der Waals surface area contributed by atoms with Crippen molar-refractivity contribution in [3.8, 4) is 5.95 Å².